The molecule has 2 aromatic rings. The lowest BCUT2D eigenvalue weighted by Gasteiger charge is -2.25. The Morgan fingerprint density at radius 3 is 2.86 bits per heavy atom. The monoisotopic (exact) mass is 280 g/mol. The molecule has 2 aromatic carbocycles. The second-order valence-electron chi connectivity index (χ2n) is 5.65. The molecule has 1 atom stereocenters. The van der Waals surface area contributed by atoms with Crippen molar-refractivity contribution in [3.63, 3.8) is 0 Å². The summed E-state index contributed by atoms with van der Waals surface area (Å²) in [6.07, 6.45) is 3.03. The quantitative estimate of drug-likeness (QED) is 0.825. The van der Waals surface area contributed by atoms with Crippen LogP contribution in [0.4, 0.5) is 11.4 Å². The van der Waals surface area contributed by atoms with Crippen LogP contribution in [-0.4, -0.2) is 5.91 Å². The number of carbonyl (C=O) groups excluding carboxylic acids is 1. The molecule has 0 radical (unpaired) electrons. The van der Waals surface area contributed by atoms with E-state index in [4.69, 9.17) is 5.73 Å². The van der Waals surface area contributed by atoms with Gasteiger partial charge in [0.15, 0.2) is 0 Å². The molecule has 1 unspecified atom stereocenters. The van der Waals surface area contributed by atoms with Gasteiger partial charge in [0, 0.05) is 11.4 Å². The van der Waals surface area contributed by atoms with Crippen molar-refractivity contribution in [3.8, 4) is 0 Å². The molecule has 0 fully saturated rings. The molecule has 0 heterocycles. The maximum Gasteiger partial charge on any atom is 0.231 e. The van der Waals surface area contributed by atoms with Crippen molar-refractivity contribution in [2.45, 2.75) is 32.1 Å². The number of fused-ring (bicyclic) bond motifs is 1. The second-order valence-corrected chi connectivity index (χ2v) is 5.65. The summed E-state index contributed by atoms with van der Waals surface area (Å²) in [5.74, 6) is 0.00614. The average Bonchev–Trinajstić information content (AvgIpc) is 2.51. The molecule has 3 nitrogen and oxygen atoms in total. The van der Waals surface area contributed by atoms with Gasteiger partial charge in [0.25, 0.3) is 0 Å². The Morgan fingerprint density at radius 1 is 1.19 bits per heavy atom. The summed E-state index contributed by atoms with van der Waals surface area (Å²) in [5.41, 5.74) is 10.8. The average molecular weight is 280 g/mol. The fraction of sp³-hybridized carbons (Fsp3) is 0.278. The van der Waals surface area contributed by atoms with Gasteiger partial charge in [0.05, 0.1) is 5.92 Å². The van der Waals surface area contributed by atoms with Crippen molar-refractivity contribution in [1.82, 2.24) is 0 Å². The third-order valence-corrected chi connectivity index (χ3v) is 4.32. The molecule has 0 aliphatic heterocycles. The van der Waals surface area contributed by atoms with Gasteiger partial charge in [-0.1, -0.05) is 30.3 Å². The number of anilines is 2. The number of aryl methyl sites for hydroxylation is 1. The number of carbonyl (C=O) groups is 1. The number of nitrogen functional groups attached to an aromatic ring is 1. The summed E-state index contributed by atoms with van der Waals surface area (Å²) in [5, 5.41) is 3.04. The Morgan fingerprint density at radius 2 is 2.00 bits per heavy atom. The molecule has 1 aliphatic carbocycles. The number of nitrogens with two attached hydrogens (primary N) is 1. The van der Waals surface area contributed by atoms with E-state index in [1.165, 1.54) is 11.1 Å². The first-order chi connectivity index (χ1) is 10.2. The van der Waals surface area contributed by atoms with Crippen LogP contribution in [0.1, 0.15) is 35.4 Å². The number of benzene rings is 2. The molecular formula is C18H20N2O. The van der Waals surface area contributed by atoms with E-state index in [0.29, 0.717) is 5.69 Å². The minimum Gasteiger partial charge on any atom is -0.398 e. The van der Waals surface area contributed by atoms with Crippen molar-refractivity contribution in [1.29, 1.82) is 0 Å². The van der Waals surface area contributed by atoms with E-state index in [0.717, 1.165) is 30.5 Å². The van der Waals surface area contributed by atoms with E-state index in [-0.39, 0.29) is 11.8 Å². The second kappa shape index (κ2) is 5.60. The maximum absolute atomic E-state index is 12.6. The third-order valence-electron chi connectivity index (χ3n) is 4.32. The molecule has 3 N–H and O–H groups in total. The largest absolute Gasteiger partial charge is 0.398 e. The van der Waals surface area contributed by atoms with Gasteiger partial charge in [0.2, 0.25) is 5.91 Å². The van der Waals surface area contributed by atoms with E-state index in [1.54, 1.807) is 0 Å². The highest BCUT2D eigenvalue weighted by Crippen LogP contribution is 2.33. The zero-order valence-electron chi connectivity index (χ0n) is 12.2. The predicted octanol–water partition coefficient (Wildman–Crippen LogP) is 3.64. The Balaban J connectivity index is 1.85. The summed E-state index contributed by atoms with van der Waals surface area (Å²) in [4.78, 5) is 12.6. The van der Waals surface area contributed by atoms with Gasteiger partial charge >= 0.3 is 0 Å². The number of amides is 1. The number of rotatable bonds is 2. The van der Waals surface area contributed by atoms with Crippen LogP contribution in [0.25, 0.3) is 0 Å². The van der Waals surface area contributed by atoms with Crippen molar-refractivity contribution < 1.29 is 4.79 Å². The molecular weight excluding hydrogens is 260 g/mol. The van der Waals surface area contributed by atoms with Crippen LogP contribution in [0, 0.1) is 6.92 Å². The van der Waals surface area contributed by atoms with Crippen LogP contribution >= 0.6 is 0 Å². The zero-order chi connectivity index (χ0) is 14.8. The van der Waals surface area contributed by atoms with E-state index in [1.807, 2.05) is 37.3 Å². The smallest absolute Gasteiger partial charge is 0.231 e. The minimum absolute atomic E-state index is 0.0595. The molecule has 1 aliphatic rings. The molecule has 3 heteroatoms. The SMILES string of the molecule is Cc1c(N)cccc1NC(=O)C1CCCc2ccccc21. The molecule has 0 saturated heterocycles. The van der Waals surface area contributed by atoms with E-state index in [9.17, 15) is 4.79 Å². The highest BCUT2D eigenvalue weighted by Gasteiger charge is 2.26. The lowest BCUT2D eigenvalue weighted by Crippen LogP contribution is -2.25. The van der Waals surface area contributed by atoms with Crippen LogP contribution in [0.5, 0.6) is 0 Å². The maximum atomic E-state index is 12.6. The molecule has 0 aromatic heterocycles. The molecule has 0 saturated carbocycles. The van der Waals surface area contributed by atoms with Gasteiger partial charge in [-0.15, -0.1) is 0 Å². The summed E-state index contributed by atoms with van der Waals surface area (Å²) in [7, 11) is 0. The summed E-state index contributed by atoms with van der Waals surface area (Å²) in [6.45, 7) is 1.93. The first-order valence-corrected chi connectivity index (χ1v) is 7.40. The normalized spacial score (nSPS) is 17.1. The van der Waals surface area contributed by atoms with Crippen molar-refractivity contribution in [3.05, 3.63) is 59.2 Å². The molecule has 0 bridgehead atoms. The fourth-order valence-corrected chi connectivity index (χ4v) is 3.04. The van der Waals surface area contributed by atoms with Crippen molar-refractivity contribution in [2.24, 2.45) is 0 Å². The van der Waals surface area contributed by atoms with Crippen LogP contribution in [0.15, 0.2) is 42.5 Å². The Bertz CT molecular complexity index is 679. The predicted molar refractivity (Wildman–Crippen MR) is 86.3 cm³/mol. The van der Waals surface area contributed by atoms with Gasteiger partial charge in [-0.05, 0) is 55.0 Å². The van der Waals surface area contributed by atoms with Crippen LogP contribution < -0.4 is 11.1 Å². The highest BCUT2D eigenvalue weighted by atomic mass is 16.1. The van der Waals surface area contributed by atoms with Crippen LogP contribution in [-0.2, 0) is 11.2 Å². The first kappa shape index (κ1) is 13.7. The summed E-state index contributed by atoms with van der Waals surface area (Å²) >= 11 is 0. The lowest BCUT2D eigenvalue weighted by atomic mass is 9.82. The topological polar surface area (TPSA) is 55.1 Å². The number of hydrogen-bond acceptors (Lipinski definition) is 2. The standard InChI is InChI=1S/C18H20N2O/c1-12-16(19)10-5-11-17(12)20-18(21)15-9-4-7-13-6-2-3-8-14(13)15/h2-3,5-6,8,10-11,15H,4,7,9,19H2,1H3,(H,20,21). The van der Waals surface area contributed by atoms with Crippen LogP contribution in [0.2, 0.25) is 0 Å². The fourth-order valence-electron chi connectivity index (χ4n) is 3.04. The minimum atomic E-state index is -0.0595. The molecule has 21 heavy (non-hydrogen) atoms. The molecule has 1 amide bonds. The van der Waals surface area contributed by atoms with Gasteiger partial charge in [0.1, 0.15) is 0 Å². The number of hydrogen-bond donors (Lipinski definition) is 2. The van der Waals surface area contributed by atoms with Gasteiger partial charge in [-0.3, -0.25) is 4.79 Å². The van der Waals surface area contributed by atoms with Gasteiger partial charge in [-0.2, -0.15) is 0 Å². The Labute approximate surface area is 125 Å². The van der Waals surface area contributed by atoms with Gasteiger partial charge in [-0.25, -0.2) is 0 Å². The molecule has 0 spiro atoms. The zero-order valence-corrected chi connectivity index (χ0v) is 12.2. The van der Waals surface area contributed by atoms with Crippen molar-refractivity contribution >= 4 is 17.3 Å². The first-order valence-electron chi connectivity index (χ1n) is 7.40. The van der Waals surface area contributed by atoms with E-state index in [2.05, 4.69) is 17.4 Å². The summed E-state index contributed by atoms with van der Waals surface area (Å²) < 4.78 is 0. The Hall–Kier alpha value is -2.29. The number of nitrogens with one attached hydrogen (secondary N) is 1. The Kier molecular flexibility index (Phi) is 3.65. The van der Waals surface area contributed by atoms with E-state index >= 15 is 0 Å². The molecule has 3 rings (SSSR count). The third kappa shape index (κ3) is 2.64. The van der Waals surface area contributed by atoms with Gasteiger partial charge < -0.3 is 11.1 Å². The highest BCUT2D eigenvalue weighted by molar-refractivity contribution is 5.97. The summed E-state index contributed by atoms with van der Waals surface area (Å²) in [6, 6.07) is 13.9. The molecule has 108 valence electrons. The lowest BCUT2D eigenvalue weighted by molar-refractivity contribution is -0.117. The van der Waals surface area contributed by atoms with Crippen LogP contribution in [0.3, 0.4) is 0 Å². The van der Waals surface area contributed by atoms with Crippen molar-refractivity contribution in [2.75, 3.05) is 11.1 Å². The van der Waals surface area contributed by atoms with E-state index < -0.39 is 0 Å².